The van der Waals surface area contributed by atoms with Crippen molar-refractivity contribution in [3.63, 3.8) is 0 Å². The molecule has 0 saturated carbocycles. The number of hydrogen-bond acceptors (Lipinski definition) is 0. The molecule has 0 aliphatic rings. The standard InChI is InChI=1S/C22H34GeN/c1-15(2)18-10-11-19(17(5)12-18)22-13-20(16(3)4)21(14-24(22)9)23(6,7)8/h10-16H,1-9H3/q+1. The molecule has 2 heteroatoms. The Bertz CT molecular complexity index is 736. The first-order chi connectivity index (χ1) is 11.0. The maximum atomic E-state index is 2.49. The molecular formula is C22H34GeN+. The van der Waals surface area contributed by atoms with E-state index >= 15 is 0 Å². The Morgan fingerprint density at radius 2 is 1.54 bits per heavy atom. The van der Waals surface area contributed by atoms with Crippen molar-refractivity contribution in [3.8, 4) is 11.3 Å². The molecule has 130 valence electrons. The van der Waals surface area contributed by atoms with Crippen molar-refractivity contribution in [2.45, 2.75) is 63.7 Å². The molecule has 24 heavy (non-hydrogen) atoms. The second-order valence-electron chi connectivity index (χ2n) is 8.77. The van der Waals surface area contributed by atoms with Crippen molar-refractivity contribution in [1.82, 2.24) is 0 Å². The molecule has 0 amide bonds. The van der Waals surface area contributed by atoms with Gasteiger partial charge in [0.25, 0.3) is 0 Å². The molecule has 0 unspecified atom stereocenters. The van der Waals surface area contributed by atoms with Crippen molar-refractivity contribution >= 4 is 17.7 Å². The predicted molar refractivity (Wildman–Crippen MR) is 109 cm³/mol. The summed E-state index contributed by atoms with van der Waals surface area (Å²) in [7, 11) is 2.20. The van der Waals surface area contributed by atoms with Gasteiger partial charge in [-0.3, -0.25) is 0 Å². The first-order valence-corrected chi connectivity index (χ1v) is 16.5. The van der Waals surface area contributed by atoms with Crippen LogP contribution in [0.1, 0.15) is 56.2 Å². The predicted octanol–water partition coefficient (Wildman–Crippen LogP) is 5.28. The van der Waals surface area contributed by atoms with Crippen LogP contribution >= 0.6 is 0 Å². The average molecular weight is 385 g/mol. The number of benzene rings is 1. The van der Waals surface area contributed by atoms with Crippen LogP contribution in [0, 0.1) is 6.92 Å². The molecule has 2 rings (SSSR count). The number of rotatable bonds is 4. The van der Waals surface area contributed by atoms with Crippen molar-refractivity contribution in [1.29, 1.82) is 0 Å². The second kappa shape index (κ2) is 7.03. The molecule has 0 fully saturated rings. The number of nitrogens with zero attached hydrogens (tertiary/aromatic N) is 1. The van der Waals surface area contributed by atoms with Gasteiger partial charge in [-0.25, -0.2) is 0 Å². The van der Waals surface area contributed by atoms with Gasteiger partial charge < -0.3 is 0 Å². The molecule has 0 radical (unpaired) electrons. The summed E-state index contributed by atoms with van der Waals surface area (Å²) in [5.74, 6) is 8.62. The van der Waals surface area contributed by atoms with Gasteiger partial charge in [0.05, 0.1) is 0 Å². The van der Waals surface area contributed by atoms with Gasteiger partial charge in [0, 0.05) is 0 Å². The van der Waals surface area contributed by atoms with Crippen molar-refractivity contribution in [2.24, 2.45) is 7.05 Å². The maximum absolute atomic E-state index is 2.49. The zero-order valence-corrected chi connectivity index (χ0v) is 19.1. The van der Waals surface area contributed by atoms with Gasteiger partial charge in [-0.15, -0.1) is 0 Å². The fourth-order valence-corrected chi connectivity index (χ4v) is 7.16. The normalized spacial score (nSPS) is 12.3. The van der Waals surface area contributed by atoms with E-state index in [1.165, 1.54) is 22.4 Å². The average Bonchev–Trinajstić information content (AvgIpc) is 2.46. The van der Waals surface area contributed by atoms with Crippen LogP contribution in [-0.2, 0) is 7.05 Å². The first-order valence-electron chi connectivity index (χ1n) is 9.17. The quantitative estimate of drug-likeness (QED) is 0.498. The van der Waals surface area contributed by atoms with E-state index < -0.39 is 13.3 Å². The Hall–Kier alpha value is -1.09. The van der Waals surface area contributed by atoms with E-state index in [4.69, 9.17) is 0 Å². The number of hydrogen-bond donors (Lipinski definition) is 0. The van der Waals surface area contributed by atoms with E-state index in [1.54, 1.807) is 9.96 Å². The summed E-state index contributed by atoms with van der Waals surface area (Å²) < 4.78 is 3.97. The van der Waals surface area contributed by atoms with Crippen LogP contribution < -0.4 is 8.96 Å². The van der Waals surface area contributed by atoms with Crippen molar-refractivity contribution in [2.75, 3.05) is 0 Å². The second-order valence-corrected chi connectivity index (χ2v) is 19.3. The van der Waals surface area contributed by atoms with Crippen molar-refractivity contribution < 1.29 is 4.57 Å². The minimum atomic E-state index is -1.88. The SMILES string of the molecule is Cc1cc(C(C)C)ccc1-c1cc(C(C)C)[c]([Ge]([CH3])([CH3])[CH3])c[n+]1C. The Morgan fingerprint density at radius 1 is 0.917 bits per heavy atom. The third kappa shape index (κ3) is 3.93. The molecule has 0 aliphatic carbocycles. The number of aryl methyl sites for hydroxylation is 2. The molecule has 1 aromatic heterocycles. The fourth-order valence-electron chi connectivity index (χ4n) is 3.37. The molecule has 0 N–H and O–H groups in total. The summed E-state index contributed by atoms with van der Waals surface area (Å²) in [4.78, 5) is 0. The van der Waals surface area contributed by atoms with E-state index in [0.29, 0.717) is 11.8 Å². The van der Waals surface area contributed by atoms with Crippen LogP contribution in [0.2, 0.25) is 17.3 Å². The van der Waals surface area contributed by atoms with Crippen LogP contribution in [0.15, 0.2) is 30.5 Å². The molecule has 0 spiro atoms. The molecule has 2 aromatic rings. The Labute approximate surface area is 151 Å². The molecule has 0 aliphatic heterocycles. The number of aromatic nitrogens is 1. The molecule has 1 aromatic carbocycles. The molecular weight excluding hydrogens is 351 g/mol. The molecule has 1 nitrogen and oxygen atoms in total. The summed E-state index contributed by atoms with van der Waals surface area (Å²) in [6.07, 6.45) is 2.42. The molecule has 0 saturated heterocycles. The van der Waals surface area contributed by atoms with E-state index in [-0.39, 0.29) is 0 Å². The van der Waals surface area contributed by atoms with Gasteiger partial charge in [0.2, 0.25) is 0 Å². The Balaban J connectivity index is 2.66. The van der Waals surface area contributed by atoms with E-state index in [9.17, 15) is 0 Å². The fraction of sp³-hybridized carbons (Fsp3) is 0.500. The molecule has 1 heterocycles. The van der Waals surface area contributed by atoms with Crippen LogP contribution in [0.5, 0.6) is 0 Å². The summed E-state index contributed by atoms with van der Waals surface area (Å²) >= 11 is -1.88. The summed E-state index contributed by atoms with van der Waals surface area (Å²) in [5, 5.41) is 0. The minimum absolute atomic E-state index is 0.569. The Kier molecular flexibility index (Phi) is 5.64. The monoisotopic (exact) mass is 386 g/mol. The number of pyridine rings is 1. The first kappa shape index (κ1) is 19.2. The van der Waals surface area contributed by atoms with Crippen LogP contribution in [-0.4, -0.2) is 13.3 Å². The molecule has 0 atom stereocenters. The zero-order chi connectivity index (χ0) is 18.2. The van der Waals surface area contributed by atoms with Crippen LogP contribution in [0.25, 0.3) is 11.3 Å². The van der Waals surface area contributed by atoms with E-state index in [0.717, 1.165) is 0 Å². The van der Waals surface area contributed by atoms with E-state index in [2.05, 4.69) is 94.0 Å². The summed E-state index contributed by atoms with van der Waals surface area (Å²) in [6, 6.07) is 9.40. The van der Waals surface area contributed by atoms with Gasteiger partial charge >= 0.3 is 151 Å². The Morgan fingerprint density at radius 3 is 2.00 bits per heavy atom. The van der Waals surface area contributed by atoms with Gasteiger partial charge in [0.15, 0.2) is 0 Å². The van der Waals surface area contributed by atoms with Gasteiger partial charge in [-0.05, 0) is 0 Å². The van der Waals surface area contributed by atoms with E-state index in [1.807, 2.05) is 0 Å². The summed E-state index contributed by atoms with van der Waals surface area (Å²) in [6.45, 7) is 11.4. The van der Waals surface area contributed by atoms with Gasteiger partial charge in [-0.2, -0.15) is 0 Å². The molecule has 0 bridgehead atoms. The zero-order valence-electron chi connectivity index (χ0n) is 17.0. The summed E-state index contributed by atoms with van der Waals surface area (Å²) in [5.41, 5.74) is 7.03. The third-order valence-electron chi connectivity index (χ3n) is 4.93. The topological polar surface area (TPSA) is 3.88 Å². The van der Waals surface area contributed by atoms with Crippen LogP contribution in [0.4, 0.5) is 0 Å². The van der Waals surface area contributed by atoms with Gasteiger partial charge in [-0.1, -0.05) is 0 Å². The third-order valence-corrected chi connectivity index (χ3v) is 9.20. The van der Waals surface area contributed by atoms with Gasteiger partial charge in [0.1, 0.15) is 0 Å². The van der Waals surface area contributed by atoms with Crippen LogP contribution in [0.3, 0.4) is 0 Å². The van der Waals surface area contributed by atoms with Crippen molar-refractivity contribution in [3.05, 3.63) is 47.2 Å².